The number of rotatable bonds is 8. The third-order valence-corrected chi connectivity index (χ3v) is 4.18. The maximum Gasteiger partial charge on any atom is 0.0932 e. The minimum absolute atomic E-state index is 0.126. The van der Waals surface area contributed by atoms with Crippen molar-refractivity contribution in [2.45, 2.75) is 39.8 Å². The van der Waals surface area contributed by atoms with Crippen molar-refractivity contribution in [2.24, 2.45) is 0 Å². The lowest BCUT2D eigenvalue weighted by Gasteiger charge is -2.22. The second-order valence-corrected chi connectivity index (χ2v) is 6.33. The number of nitrogens with one attached hydrogen (secondary N) is 2. The van der Waals surface area contributed by atoms with Gasteiger partial charge in [-0.25, -0.2) is 0 Å². The van der Waals surface area contributed by atoms with Crippen LogP contribution in [0.1, 0.15) is 35.6 Å². The fraction of sp³-hybridized carbons (Fsp3) is 0.273. The van der Waals surface area contributed by atoms with Gasteiger partial charge < -0.3 is 10.6 Å². The maximum absolute atomic E-state index is 4.15. The highest BCUT2D eigenvalue weighted by Gasteiger charge is 2.07. The quantitative estimate of drug-likeness (QED) is 0.633. The maximum atomic E-state index is 4.15. The van der Waals surface area contributed by atoms with Crippen molar-refractivity contribution in [3.63, 3.8) is 0 Å². The molecule has 0 aliphatic heterocycles. The van der Waals surface area contributed by atoms with Crippen molar-refractivity contribution in [1.82, 2.24) is 5.32 Å². The molecule has 0 heterocycles. The smallest absolute Gasteiger partial charge is 0.0932 e. The van der Waals surface area contributed by atoms with E-state index in [1.54, 1.807) is 0 Å². The lowest BCUT2D eigenvalue weighted by atomic mass is 10.0. The highest BCUT2D eigenvalue weighted by atomic mass is 15.1. The predicted octanol–water partition coefficient (Wildman–Crippen LogP) is 5.44. The fourth-order valence-corrected chi connectivity index (χ4v) is 2.80. The molecule has 126 valence electrons. The van der Waals surface area contributed by atoms with Gasteiger partial charge in [0, 0.05) is 11.4 Å². The van der Waals surface area contributed by atoms with E-state index in [0.717, 1.165) is 24.2 Å². The van der Waals surface area contributed by atoms with Crippen molar-refractivity contribution in [1.29, 1.82) is 0 Å². The third-order valence-electron chi connectivity index (χ3n) is 4.18. The standard InChI is InChI=1S/C22H28N2/c1-6-21-14-17(3)22(15-16(21)2)24-19(5)23-18(4)12-13-20-10-8-7-9-11-20/h6-11,14-15,19,23-24H,1,4,12-13H2,2-3,5H3. The van der Waals surface area contributed by atoms with E-state index < -0.39 is 0 Å². The average molecular weight is 320 g/mol. The Morgan fingerprint density at radius 3 is 2.50 bits per heavy atom. The third kappa shape index (κ3) is 5.02. The fourth-order valence-electron chi connectivity index (χ4n) is 2.80. The van der Waals surface area contributed by atoms with E-state index in [1.165, 1.54) is 22.3 Å². The molecule has 0 aliphatic carbocycles. The number of benzene rings is 2. The first kappa shape index (κ1) is 17.9. The normalized spacial score (nSPS) is 11.6. The van der Waals surface area contributed by atoms with E-state index in [9.17, 15) is 0 Å². The zero-order valence-corrected chi connectivity index (χ0v) is 15.0. The van der Waals surface area contributed by atoms with Gasteiger partial charge >= 0.3 is 0 Å². The molecule has 0 aromatic heterocycles. The van der Waals surface area contributed by atoms with E-state index in [4.69, 9.17) is 0 Å². The zero-order valence-electron chi connectivity index (χ0n) is 15.0. The van der Waals surface area contributed by atoms with Gasteiger partial charge in [0.15, 0.2) is 0 Å². The van der Waals surface area contributed by atoms with Crippen molar-refractivity contribution in [3.8, 4) is 0 Å². The summed E-state index contributed by atoms with van der Waals surface area (Å²) < 4.78 is 0. The van der Waals surface area contributed by atoms with Crippen molar-refractivity contribution >= 4 is 11.8 Å². The van der Waals surface area contributed by atoms with Gasteiger partial charge in [0.25, 0.3) is 0 Å². The monoisotopic (exact) mass is 320 g/mol. The van der Waals surface area contributed by atoms with Gasteiger partial charge in [0.2, 0.25) is 0 Å². The highest BCUT2D eigenvalue weighted by molar-refractivity contribution is 5.62. The molecule has 0 saturated heterocycles. The number of anilines is 1. The van der Waals surface area contributed by atoms with Crippen LogP contribution in [0.2, 0.25) is 0 Å². The summed E-state index contributed by atoms with van der Waals surface area (Å²) in [5.41, 5.74) is 7.18. The van der Waals surface area contributed by atoms with Crippen LogP contribution >= 0.6 is 0 Å². The SMILES string of the molecule is C=Cc1cc(C)c(NC(C)NC(=C)CCc2ccccc2)cc1C. The first-order valence-electron chi connectivity index (χ1n) is 8.48. The van der Waals surface area contributed by atoms with Gasteiger partial charge in [-0.15, -0.1) is 0 Å². The van der Waals surface area contributed by atoms with E-state index in [-0.39, 0.29) is 6.17 Å². The molecule has 2 aromatic carbocycles. The van der Waals surface area contributed by atoms with Gasteiger partial charge in [-0.05, 0) is 68.0 Å². The molecule has 1 unspecified atom stereocenters. The van der Waals surface area contributed by atoms with E-state index in [1.807, 2.05) is 12.1 Å². The van der Waals surface area contributed by atoms with Crippen LogP contribution in [0, 0.1) is 13.8 Å². The molecular formula is C22H28N2. The molecule has 0 amide bonds. The van der Waals surface area contributed by atoms with Crippen LogP contribution in [-0.2, 0) is 6.42 Å². The van der Waals surface area contributed by atoms with Gasteiger partial charge in [-0.3, -0.25) is 0 Å². The van der Waals surface area contributed by atoms with Gasteiger partial charge in [-0.1, -0.05) is 49.6 Å². The van der Waals surface area contributed by atoms with Crippen LogP contribution in [0.3, 0.4) is 0 Å². The summed E-state index contributed by atoms with van der Waals surface area (Å²) >= 11 is 0. The van der Waals surface area contributed by atoms with Crippen LogP contribution < -0.4 is 10.6 Å². The molecule has 24 heavy (non-hydrogen) atoms. The highest BCUT2D eigenvalue weighted by Crippen LogP contribution is 2.22. The second kappa shape index (κ2) is 8.39. The predicted molar refractivity (Wildman–Crippen MR) is 106 cm³/mol. The van der Waals surface area contributed by atoms with Crippen molar-refractivity contribution in [2.75, 3.05) is 5.32 Å². The van der Waals surface area contributed by atoms with Gasteiger partial charge in [0.1, 0.15) is 0 Å². The summed E-state index contributed by atoms with van der Waals surface area (Å²) in [6.07, 6.45) is 3.97. The minimum Gasteiger partial charge on any atom is -0.369 e. The number of hydrogen-bond donors (Lipinski definition) is 2. The molecule has 1 atom stereocenters. The first-order valence-corrected chi connectivity index (χ1v) is 8.48. The Bertz CT molecular complexity index is 701. The number of allylic oxidation sites excluding steroid dienone is 1. The summed E-state index contributed by atoms with van der Waals surface area (Å²) in [5, 5.41) is 6.97. The van der Waals surface area contributed by atoms with Crippen molar-refractivity contribution in [3.05, 3.63) is 83.6 Å². The molecule has 2 aromatic rings. The van der Waals surface area contributed by atoms with Crippen molar-refractivity contribution < 1.29 is 0 Å². The molecule has 0 bridgehead atoms. The molecule has 0 aliphatic rings. The Hall–Kier alpha value is -2.48. The van der Waals surface area contributed by atoms with Crippen LogP contribution in [-0.4, -0.2) is 6.17 Å². The number of aryl methyl sites for hydroxylation is 3. The van der Waals surface area contributed by atoms with Crippen LogP contribution in [0.25, 0.3) is 6.08 Å². The summed E-state index contributed by atoms with van der Waals surface area (Å²) in [7, 11) is 0. The van der Waals surface area contributed by atoms with E-state index in [2.05, 4.69) is 81.0 Å². The lowest BCUT2D eigenvalue weighted by Crippen LogP contribution is -2.32. The lowest BCUT2D eigenvalue weighted by molar-refractivity contribution is 0.654. The molecule has 0 saturated carbocycles. The molecule has 0 spiro atoms. The molecule has 2 heteroatoms. The zero-order chi connectivity index (χ0) is 17.5. The van der Waals surface area contributed by atoms with E-state index >= 15 is 0 Å². The number of hydrogen-bond acceptors (Lipinski definition) is 2. The van der Waals surface area contributed by atoms with E-state index in [0.29, 0.717) is 0 Å². The van der Waals surface area contributed by atoms with Crippen LogP contribution in [0.5, 0.6) is 0 Å². The topological polar surface area (TPSA) is 24.1 Å². The summed E-state index contributed by atoms with van der Waals surface area (Å²) in [4.78, 5) is 0. The summed E-state index contributed by atoms with van der Waals surface area (Å²) in [6, 6.07) is 14.9. The second-order valence-electron chi connectivity index (χ2n) is 6.33. The van der Waals surface area contributed by atoms with Gasteiger partial charge in [0.05, 0.1) is 6.17 Å². The Morgan fingerprint density at radius 2 is 1.83 bits per heavy atom. The van der Waals surface area contributed by atoms with Crippen LogP contribution in [0.15, 0.2) is 61.3 Å². The molecular weight excluding hydrogens is 292 g/mol. The summed E-state index contributed by atoms with van der Waals surface area (Å²) in [6.45, 7) is 14.4. The van der Waals surface area contributed by atoms with Gasteiger partial charge in [-0.2, -0.15) is 0 Å². The molecule has 0 fully saturated rings. The Balaban J connectivity index is 1.88. The molecule has 2 N–H and O–H groups in total. The molecule has 0 radical (unpaired) electrons. The summed E-state index contributed by atoms with van der Waals surface area (Å²) in [5.74, 6) is 0. The largest absolute Gasteiger partial charge is 0.369 e. The minimum atomic E-state index is 0.126. The Morgan fingerprint density at radius 1 is 1.12 bits per heavy atom. The Labute approximate surface area is 146 Å². The average Bonchev–Trinajstić information content (AvgIpc) is 2.57. The molecule has 2 nitrogen and oxygen atoms in total. The molecule has 2 rings (SSSR count). The van der Waals surface area contributed by atoms with Crippen LogP contribution in [0.4, 0.5) is 5.69 Å². The Kier molecular flexibility index (Phi) is 6.25. The first-order chi connectivity index (χ1) is 11.5.